The van der Waals surface area contributed by atoms with Crippen LogP contribution in [0.2, 0.25) is 0 Å². The van der Waals surface area contributed by atoms with E-state index in [4.69, 9.17) is 4.74 Å². The number of carbonyl (C=O) groups is 1. The van der Waals surface area contributed by atoms with Crippen LogP contribution >= 0.6 is 0 Å². The first-order chi connectivity index (χ1) is 9.29. The monoisotopic (exact) mass is 261 g/mol. The van der Waals surface area contributed by atoms with Crippen molar-refractivity contribution in [3.63, 3.8) is 0 Å². The van der Waals surface area contributed by atoms with Crippen molar-refractivity contribution < 1.29 is 9.53 Å². The van der Waals surface area contributed by atoms with Gasteiger partial charge in [0.1, 0.15) is 6.04 Å². The molecule has 2 rings (SSSR count). The Hall–Kier alpha value is -1.35. The van der Waals surface area contributed by atoms with Gasteiger partial charge in [0.2, 0.25) is 0 Å². The number of rotatable bonds is 5. The molecule has 1 N–H and O–H groups in total. The van der Waals surface area contributed by atoms with Crippen molar-refractivity contribution in [2.24, 2.45) is 0 Å². The first-order valence-corrected chi connectivity index (χ1v) is 7.17. The molecule has 0 aromatic heterocycles. The lowest BCUT2D eigenvalue weighted by atomic mass is 9.94. The van der Waals surface area contributed by atoms with E-state index in [1.54, 1.807) is 0 Å². The maximum atomic E-state index is 11.9. The van der Waals surface area contributed by atoms with Crippen LogP contribution < -0.4 is 5.32 Å². The Morgan fingerprint density at radius 2 is 1.95 bits per heavy atom. The van der Waals surface area contributed by atoms with Gasteiger partial charge >= 0.3 is 5.97 Å². The highest BCUT2D eigenvalue weighted by atomic mass is 16.5. The van der Waals surface area contributed by atoms with Crippen LogP contribution in [0.25, 0.3) is 0 Å². The highest BCUT2D eigenvalue weighted by Gasteiger charge is 2.24. The lowest BCUT2D eigenvalue weighted by Gasteiger charge is -2.27. The van der Waals surface area contributed by atoms with Gasteiger partial charge in [0.05, 0.1) is 7.11 Å². The lowest BCUT2D eigenvalue weighted by Crippen LogP contribution is -2.46. The fourth-order valence-electron chi connectivity index (χ4n) is 2.76. The molecule has 1 aliphatic rings. The second-order valence-electron chi connectivity index (χ2n) is 5.27. The Labute approximate surface area is 115 Å². The van der Waals surface area contributed by atoms with E-state index in [0.29, 0.717) is 12.5 Å². The fraction of sp³-hybridized carbons (Fsp3) is 0.562. The number of carbonyl (C=O) groups excluding carboxylic acids is 1. The summed E-state index contributed by atoms with van der Waals surface area (Å²) >= 11 is 0. The zero-order valence-electron chi connectivity index (χ0n) is 11.6. The number of hydrogen-bond acceptors (Lipinski definition) is 3. The summed E-state index contributed by atoms with van der Waals surface area (Å²) in [5, 5.41) is 3.48. The molecule has 0 amide bonds. The summed E-state index contributed by atoms with van der Waals surface area (Å²) in [7, 11) is 1.46. The van der Waals surface area contributed by atoms with Crippen molar-refractivity contribution in [2.75, 3.05) is 7.11 Å². The third-order valence-electron chi connectivity index (χ3n) is 3.81. The molecule has 1 unspecified atom stereocenters. The average molecular weight is 261 g/mol. The molecule has 1 aromatic carbocycles. The van der Waals surface area contributed by atoms with E-state index in [9.17, 15) is 4.79 Å². The third-order valence-corrected chi connectivity index (χ3v) is 3.81. The molecule has 1 fully saturated rings. The smallest absolute Gasteiger partial charge is 0.323 e. The van der Waals surface area contributed by atoms with E-state index in [1.165, 1.54) is 44.8 Å². The number of benzene rings is 1. The van der Waals surface area contributed by atoms with E-state index in [2.05, 4.69) is 17.4 Å². The van der Waals surface area contributed by atoms with Crippen molar-refractivity contribution in [1.29, 1.82) is 0 Å². The third kappa shape index (κ3) is 4.35. The molecule has 19 heavy (non-hydrogen) atoms. The van der Waals surface area contributed by atoms with Crippen molar-refractivity contribution >= 4 is 5.97 Å². The number of hydrogen-bond donors (Lipinski definition) is 1. The van der Waals surface area contributed by atoms with Crippen molar-refractivity contribution in [1.82, 2.24) is 5.32 Å². The van der Waals surface area contributed by atoms with E-state index in [0.717, 1.165) is 0 Å². The molecular weight excluding hydrogens is 238 g/mol. The van der Waals surface area contributed by atoms with Gasteiger partial charge < -0.3 is 10.1 Å². The summed E-state index contributed by atoms with van der Waals surface area (Å²) in [5.74, 6) is -0.158. The Morgan fingerprint density at radius 1 is 1.26 bits per heavy atom. The molecule has 0 heterocycles. The molecule has 0 aliphatic heterocycles. The molecule has 0 bridgehead atoms. The van der Waals surface area contributed by atoms with Gasteiger partial charge in [-0.05, 0) is 24.8 Å². The van der Waals surface area contributed by atoms with Crippen LogP contribution in [-0.2, 0) is 16.0 Å². The SMILES string of the molecule is COC(=O)C(Cc1ccccc1)NC1CCCCC1. The first kappa shape index (κ1) is 14.1. The molecular formula is C16H23NO2. The Morgan fingerprint density at radius 3 is 2.58 bits per heavy atom. The summed E-state index contributed by atoms with van der Waals surface area (Å²) in [6, 6.07) is 10.3. The topological polar surface area (TPSA) is 38.3 Å². The minimum Gasteiger partial charge on any atom is -0.468 e. The van der Waals surface area contributed by atoms with Gasteiger partial charge in [0.25, 0.3) is 0 Å². The number of ether oxygens (including phenoxy) is 1. The van der Waals surface area contributed by atoms with E-state index in [1.807, 2.05) is 18.2 Å². The van der Waals surface area contributed by atoms with Crippen LogP contribution in [0.5, 0.6) is 0 Å². The van der Waals surface area contributed by atoms with E-state index in [-0.39, 0.29) is 12.0 Å². The predicted octanol–water partition coefficient (Wildman–Crippen LogP) is 2.69. The predicted molar refractivity (Wildman–Crippen MR) is 76.0 cm³/mol. The number of nitrogens with one attached hydrogen (secondary N) is 1. The zero-order chi connectivity index (χ0) is 13.5. The molecule has 0 spiro atoms. The molecule has 0 saturated heterocycles. The maximum Gasteiger partial charge on any atom is 0.323 e. The Balaban J connectivity index is 1.97. The minimum absolute atomic E-state index is 0.158. The first-order valence-electron chi connectivity index (χ1n) is 7.17. The van der Waals surface area contributed by atoms with Gasteiger partial charge in [-0.2, -0.15) is 0 Å². The van der Waals surface area contributed by atoms with Gasteiger partial charge in [-0.3, -0.25) is 4.79 Å². The van der Waals surface area contributed by atoms with E-state index >= 15 is 0 Å². The van der Waals surface area contributed by atoms with Crippen molar-refractivity contribution in [3.8, 4) is 0 Å². The van der Waals surface area contributed by atoms with Crippen LogP contribution in [0, 0.1) is 0 Å². The second kappa shape index (κ2) is 7.29. The maximum absolute atomic E-state index is 11.9. The summed E-state index contributed by atoms with van der Waals surface area (Å²) in [5.41, 5.74) is 1.17. The molecule has 1 aromatic rings. The molecule has 3 heteroatoms. The second-order valence-corrected chi connectivity index (χ2v) is 5.27. The Bertz CT molecular complexity index is 385. The van der Waals surface area contributed by atoms with Crippen LogP contribution in [0.15, 0.2) is 30.3 Å². The van der Waals surface area contributed by atoms with Gasteiger partial charge in [-0.25, -0.2) is 0 Å². The zero-order valence-corrected chi connectivity index (χ0v) is 11.6. The van der Waals surface area contributed by atoms with Crippen LogP contribution in [-0.4, -0.2) is 25.2 Å². The molecule has 0 radical (unpaired) electrons. The molecule has 104 valence electrons. The van der Waals surface area contributed by atoms with Crippen molar-refractivity contribution in [3.05, 3.63) is 35.9 Å². The van der Waals surface area contributed by atoms with Gasteiger partial charge in [0.15, 0.2) is 0 Å². The molecule has 1 aliphatic carbocycles. The summed E-state index contributed by atoms with van der Waals surface area (Å²) in [6.45, 7) is 0. The minimum atomic E-state index is -0.226. The fourth-order valence-corrected chi connectivity index (χ4v) is 2.76. The van der Waals surface area contributed by atoms with E-state index < -0.39 is 0 Å². The molecule has 1 saturated carbocycles. The number of esters is 1. The van der Waals surface area contributed by atoms with Crippen LogP contribution in [0.3, 0.4) is 0 Å². The summed E-state index contributed by atoms with van der Waals surface area (Å²) < 4.78 is 4.92. The summed E-state index contributed by atoms with van der Waals surface area (Å²) in [4.78, 5) is 11.9. The lowest BCUT2D eigenvalue weighted by molar-refractivity contribution is -0.143. The Kier molecular flexibility index (Phi) is 5.40. The number of methoxy groups -OCH3 is 1. The summed E-state index contributed by atoms with van der Waals surface area (Å²) in [6.07, 6.45) is 6.88. The standard InChI is InChI=1S/C16H23NO2/c1-19-16(18)15(12-13-8-4-2-5-9-13)17-14-10-6-3-7-11-14/h2,4-5,8-9,14-15,17H,3,6-7,10-12H2,1H3. The highest BCUT2D eigenvalue weighted by Crippen LogP contribution is 2.18. The van der Waals surface area contributed by atoms with Gasteiger partial charge in [-0.1, -0.05) is 49.6 Å². The normalized spacial score (nSPS) is 17.9. The molecule has 3 nitrogen and oxygen atoms in total. The average Bonchev–Trinajstić information content (AvgIpc) is 2.48. The molecule has 1 atom stereocenters. The quantitative estimate of drug-likeness (QED) is 0.828. The van der Waals surface area contributed by atoms with Gasteiger partial charge in [-0.15, -0.1) is 0 Å². The highest BCUT2D eigenvalue weighted by molar-refractivity contribution is 5.76. The van der Waals surface area contributed by atoms with Crippen LogP contribution in [0.4, 0.5) is 0 Å². The van der Waals surface area contributed by atoms with Crippen LogP contribution in [0.1, 0.15) is 37.7 Å². The van der Waals surface area contributed by atoms with Gasteiger partial charge in [0, 0.05) is 6.04 Å². The van der Waals surface area contributed by atoms with Crippen molar-refractivity contribution in [2.45, 2.75) is 50.6 Å². The largest absolute Gasteiger partial charge is 0.468 e.